The fourth-order valence-corrected chi connectivity index (χ4v) is 3.37. The second kappa shape index (κ2) is 10.8. The number of likely N-dealkylation sites (tertiary alicyclic amines) is 1. The van der Waals surface area contributed by atoms with Crippen molar-refractivity contribution >= 4 is 5.91 Å². The zero-order valence-electron chi connectivity index (χ0n) is 16.6. The lowest BCUT2D eigenvalue weighted by Crippen LogP contribution is -2.37. The highest BCUT2D eigenvalue weighted by molar-refractivity contribution is 5.92. The highest BCUT2D eigenvalue weighted by Gasteiger charge is 2.21. The van der Waals surface area contributed by atoms with Gasteiger partial charge >= 0.3 is 0 Å². The highest BCUT2D eigenvalue weighted by atomic mass is 16.5. The van der Waals surface area contributed by atoms with Gasteiger partial charge in [0.05, 0.1) is 0 Å². The molecule has 1 aliphatic heterocycles. The van der Waals surface area contributed by atoms with E-state index in [1.165, 1.54) is 5.56 Å². The summed E-state index contributed by atoms with van der Waals surface area (Å²) in [6.45, 7) is 5.80. The van der Waals surface area contributed by atoms with Crippen molar-refractivity contribution in [2.45, 2.75) is 51.7 Å². The number of nitrogens with zero attached hydrogens (tertiary/aromatic N) is 3. The number of nitrogens with one attached hydrogen (secondary N) is 1. The van der Waals surface area contributed by atoms with E-state index in [-0.39, 0.29) is 12.0 Å². The highest BCUT2D eigenvalue weighted by Crippen LogP contribution is 2.18. The van der Waals surface area contributed by atoms with Gasteiger partial charge in [-0.3, -0.25) is 9.69 Å². The van der Waals surface area contributed by atoms with Gasteiger partial charge in [-0.2, -0.15) is 0 Å². The Morgan fingerprint density at radius 2 is 1.89 bits per heavy atom. The molecule has 1 N–H and O–H groups in total. The molecule has 1 saturated heterocycles. The van der Waals surface area contributed by atoms with Crippen LogP contribution in [0.5, 0.6) is 5.88 Å². The second-order valence-corrected chi connectivity index (χ2v) is 7.30. The van der Waals surface area contributed by atoms with E-state index in [9.17, 15) is 4.79 Å². The number of hydrogen-bond donors (Lipinski definition) is 1. The van der Waals surface area contributed by atoms with Crippen LogP contribution in [0.1, 0.15) is 55.1 Å². The Morgan fingerprint density at radius 1 is 1.11 bits per heavy atom. The number of rotatable bonds is 9. The Bertz CT molecular complexity index is 713. The molecule has 0 saturated carbocycles. The first-order valence-electron chi connectivity index (χ1n) is 10.3. The first kappa shape index (κ1) is 20.3. The van der Waals surface area contributed by atoms with Crippen LogP contribution in [0.15, 0.2) is 42.5 Å². The van der Waals surface area contributed by atoms with Crippen LogP contribution in [-0.4, -0.2) is 46.7 Å². The number of unbranched alkanes of at least 4 members (excludes halogenated alkanes) is 2. The predicted molar refractivity (Wildman–Crippen MR) is 109 cm³/mol. The molecule has 0 spiro atoms. The van der Waals surface area contributed by atoms with Crippen molar-refractivity contribution < 1.29 is 9.53 Å². The summed E-state index contributed by atoms with van der Waals surface area (Å²) in [6, 6.07) is 14.0. The summed E-state index contributed by atoms with van der Waals surface area (Å²) >= 11 is 0. The minimum Gasteiger partial charge on any atom is -0.473 e. The van der Waals surface area contributed by atoms with Crippen LogP contribution < -0.4 is 10.1 Å². The number of ether oxygens (including phenoxy) is 1. The SMILES string of the molecule is CCCCCNC(=O)c1ccc(OC2CCN(Cc3ccccc3)CC2)nn1. The molecule has 6 nitrogen and oxygen atoms in total. The van der Waals surface area contributed by atoms with Crippen LogP contribution in [0.2, 0.25) is 0 Å². The van der Waals surface area contributed by atoms with Crippen molar-refractivity contribution in [2.75, 3.05) is 19.6 Å². The van der Waals surface area contributed by atoms with Crippen LogP contribution in [-0.2, 0) is 6.54 Å². The maximum Gasteiger partial charge on any atom is 0.271 e. The number of piperidine rings is 1. The second-order valence-electron chi connectivity index (χ2n) is 7.30. The number of amides is 1. The molecule has 2 aromatic rings. The van der Waals surface area contributed by atoms with Crippen molar-refractivity contribution in [2.24, 2.45) is 0 Å². The van der Waals surface area contributed by atoms with Crippen LogP contribution in [0.3, 0.4) is 0 Å². The summed E-state index contributed by atoms with van der Waals surface area (Å²) in [5, 5.41) is 11.0. The summed E-state index contributed by atoms with van der Waals surface area (Å²) in [7, 11) is 0. The van der Waals surface area contributed by atoms with E-state index in [1.54, 1.807) is 12.1 Å². The molecular formula is C22H30N4O2. The van der Waals surface area contributed by atoms with Crippen LogP contribution >= 0.6 is 0 Å². The van der Waals surface area contributed by atoms with E-state index in [0.29, 0.717) is 18.1 Å². The monoisotopic (exact) mass is 382 g/mol. The molecule has 0 aliphatic carbocycles. The summed E-state index contributed by atoms with van der Waals surface area (Å²) in [6.07, 6.45) is 5.31. The number of aromatic nitrogens is 2. The Morgan fingerprint density at radius 3 is 2.57 bits per heavy atom. The van der Waals surface area contributed by atoms with E-state index in [4.69, 9.17) is 4.74 Å². The lowest BCUT2D eigenvalue weighted by Gasteiger charge is -2.31. The Hall–Kier alpha value is -2.47. The molecule has 0 unspecified atom stereocenters. The zero-order chi connectivity index (χ0) is 19.6. The quantitative estimate of drug-likeness (QED) is 0.673. The third kappa shape index (κ3) is 6.30. The van der Waals surface area contributed by atoms with Crippen molar-refractivity contribution in [1.82, 2.24) is 20.4 Å². The number of benzene rings is 1. The first-order valence-corrected chi connectivity index (χ1v) is 10.3. The summed E-state index contributed by atoms with van der Waals surface area (Å²) in [5.74, 6) is 0.313. The van der Waals surface area contributed by atoms with Gasteiger partial charge in [0, 0.05) is 32.2 Å². The van der Waals surface area contributed by atoms with Crippen molar-refractivity contribution in [3.8, 4) is 5.88 Å². The molecule has 1 aromatic carbocycles. The Kier molecular flexibility index (Phi) is 7.79. The molecule has 6 heteroatoms. The van der Waals surface area contributed by atoms with Gasteiger partial charge in [0.15, 0.2) is 5.69 Å². The Balaban J connectivity index is 1.40. The summed E-state index contributed by atoms with van der Waals surface area (Å²) in [4.78, 5) is 14.5. The smallest absolute Gasteiger partial charge is 0.271 e. The van der Waals surface area contributed by atoms with Gasteiger partial charge in [0.25, 0.3) is 5.91 Å². The van der Waals surface area contributed by atoms with Crippen molar-refractivity contribution in [3.05, 3.63) is 53.7 Å². The van der Waals surface area contributed by atoms with Gasteiger partial charge in [0.2, 0.25) is 5.88 Å². The van der Waals surface area contributed by atoms with E-state index >= 15 is 0 Å². The maximum atomic E-state index is 12.0. The van der Waals surface area contributed by atoms with Gasteiger partial charge in [-0.15, -0.1) is 10.2 Å². The fraction of sp³-hybridized carbons (Fsp3) is 0.500. The fourth-order valence-electron chi connectivity index (χ4n) is 3.37. The third-order valence-corrected chi connectivity index (χ3v) is 5.01. The van der Waals surface area contributed by atoms with Gasteiger partial charge < -0.3 is 10.1 Å². The van der Waals surface area contributed by atoms with E-state index < -0.39 is 0 Å². The molecule has 0 atom stereocenters. The standard InChI is InChI=1S/C22H30N4O2/c1-2-3-7-14-23-22(27)20-10-11-21(25-24-20)28-19-12-15-26(16-13-19)17-18-8-5-4-6-9-18/h4-6,8-11,19H,2-3,7,12-17H2,1H3,(H,23,27). The van der Waals surface area contributed by atoms with E-state index in [1.807, 2.05) is 6.07 Å². The molecule has 1 amide bonds. The molecule has 28 heavy (non-hydrogen) atoms. The summed E-state index contributed by atoms with van der Waals surface area (Å²) < 4.78 is 5.97. The molecule has 0 bridgehead atoms. The topological polar surface area (TPSA) is 67.3 Å². The molecule has 3 rings (SSSR count). The molecule has 1 aliphatic rings. The molecule has 150 valence electrons. The normalized spacial score (nSPS) is 15.3. The molecule has 2 heterocycles. The van der Waals surface area contributed by atoms with Crippen LogP contribution in [0.4, 0.5) is 0 Å². The molecule has 0 radical (unpaired) electrons. The number of hydrogen-bond acceptors (Lipinski definition) is 5. The molecular weight excluding hydrogens is 352 g/mol. The van der Waals surface area contributed by atoms with Crippen molar-refractivity contribution in [3.63, 3.8) is 0 Å². The maximum absolute atomic E-state index is 12.0. The van der Waals surface area contributed by atoms with Gasteiger partial charge in [-0.1, -0.05) is 50.1 Å². The lowest BCUT2D eigenvalue weighted by atomic mass is 10.1. The largest absolute Gasteiger partial charge is 0.473 e. The number of carbonyl (C=O) groups excluding carboxylic acids is 1. The van der Waals surface area contributed by atoms with Gasteiger partial charge in [-0.25, -0.2) is 0 Å². The van der Waals surface area contributed by atoms with E-state index in [2.05, 4.69) is 51.6 Å². The molecule has 1 aromatic heterocycles. The number of carbonyl (C=O) groups is 1. The van der Waals surface area contributed by atoms with Gasteiger partial charge in [0.1, 0.15) is 6.10 Å². The average Bonchev–Trinajstić information content (AvgIpc) is 2.74. The third-order valence-electron chi connectivity index (χ3n) is 5.01. The minimum absolute atomic E-state index is 0.148. The van der Waals surface area contributed by atoms with Crippen LogP contribution in [0, 0.1) is 0 Å². The predicted octanol–water partition coefficient (Wildman–Crippen LogP) is 3.44. The van der Waals surface area contributed by atoms with Crippen LogP contribution in [0.25, 0.3) is 0 Å². The van der Waals surface area contributed by atoms with E-state index in [0.717, 1.165) is 51.7 Å². The van der Waals surface area contributed by atoms with Crippen molar-refractivity contribution in [1.29, 1.82) is 0 Å². The minimum atomic E-state index is -0.177. The first-order chi connectivity index (χ1) is 13.7. The summed E-state index contributed by atoms with van der Waals surface area (Å²) in [5.41, 5.74) is 1.68. The molecule has 1 fully saturated rings. The average molecular weight is 383 g/mol. The van der Waals surface area contributed by atoms with Gasteiger partial charge in [-0.05, 0) is 30.9 Å². The lowest BCUT2D eigenvalue weighted by molar-refractivity contribution is 0.0914. The Labute approximate surface area is 167 Å². The zero-order valence-corrected chi connectivity index (χ0v) is 16.6.